The molecule has 9 nitrogen and oxygen atoms in total. The molecule has 0 saturated carbocycles. The molecule has 0 radical (unpaired) electrons. The monoisotopic (exact) mass is 609 g/mol. The van der Waals surface area contributed by atoms with Gasteiger partial charge in [0.05, 0.1) is 22.8 Å². The number of anilines is 2. The molecular weight excluding hydrogens is 574 g/mol. The molecule has 42 heavy (non-hydrogen) atoms. The highest BCUT2D eigenvalue weighted by molar-refractivity contribution is 8.00. The number of nitro benzene ring substituents is 1. The fourth-order valence-electron chi connectivity index (χ4n) is 5.02. The minimum Gasteiger partial charge on any atom is -0.465 e. The summed E-state index contributed by atoms with van der Waals surface area (Å²) < 4.78 is 5.10. The Kier molecular flexibility index (Phi) is 9.73. The zero-order chi connectivity index (χ0) is 30.6. The zero-order valence-electron chi connectivity index (χ0n) is 24.3. The molecule has 0 aliphatic heterocycles. The molecule has 2 N–H and O–H groups in total. The van der Waals surface area contributed by atoms with Crippen molar-refractivity contribution < 1.29 is 24.0 Å². The summed E-state index contributed by atoms with van der Waals surface area (Å²) in [6.07, 6.45) is 3.15. The Morgan fingerprint density at radius 1 is 1.14 bits per heavy atom. The molecule has 1 heterocycles. The van der Waals surface area contributed by atoms with Crippen molar-refractivity contribution in [1.82, 2.24) is 0 Å². The first-order valence-electron chi connectivity index (χ1n) is 13.8. The predicted molar refractivity (Wildman–Crippen MR) is 167 cm³/mol. The minimum atomic E-state index is -0.549. The molecule has 3 aromatic rings. The van der Waals surface area contributed by atoms with Gasteiger partial charge in [-0.2, -0.15) is 0 Å². The number of non-ortho nitro benzene ring substituents is 1. The Bertz CT molecular complexity index is 1510. The third kappa shape index (κ3) is 7.19. The van der Waals surface area contributed by atoms with Gasteiger partial charge in [0, 0.05) is 33.2 Å². The number of amides is 2. The van der Waals surface area contributed by atoms with Crippen LogP contribution in [0.15, 0.2) is 53.4 Å². The maximum Gasteiger partial charge on any atom is 0.341 e. The highest BCUT2D eigenvalue weighted by atomic mass is 32.2. The largest absolute Gasteiger partial charge is 0.465 e. The molecule has 222 valence electrons. The lowest BCUT2D eigenvalue weighted by Gasteiger charge is -2.33. The number of nitrogens with one attached hydrogen (secondary N) is 2. The van der Waals surface area contributed by atoms with Gasteiger partial charge in [0.15, 0.2) is 0 Å². The number of hydrogen-bond donors (Lipinski definition) is 2. The smallest absolute Gasteiger partial charge is 0.341 e. The van der Waals surface area contributed by atoms with E-state index in [0.717, 1.165) is 34.6 Å². The molecule has 1 aliphatic rings. The number of nitrogens with zero attached hydrogens (tertiary/aromatic N) is 1. The second-order valence-electron chi connectivity index (χ2n) is 11.3. The van der Waals surface area contributed by atoms with Gasteiger partial charge >= 0.3 is 5.97 Å². The zero-order valence-corrected chi connectivity index (χ0v) is 25.9. The molecule has 0 spiro atoms. The fraction of sp³-hybridized carbons (Fsp3) is 0.387. The maximum absolute atomic E-state index is 13.5. The van der Waals surface area contributed by atoms with Crippen LogP contribution in [0, 0.1) is 21.4 Å². The van der Waals surface area contributed by atoms with E-state index in [-0.39, 0.29) is 22.6 Å². The lowest BCUT2D eigenvalue weighted by atomic mass is 9.72. The normalized spacial score (nSPS) is 15.3. The number of carbonyl (C=O) groups excluding carboxylic acids is 3. The number of thiophene rings is 1. The minimum absolute atomic E-state index is 0.146. The summed E-state index contributed by atoms with van der Waals surface area (Å²) in [5.74, 6) is -0.646. The number of methoxy groups -OCH3 is 1. The Morgan fingerprint density at radius 3 is 2.55 bits per heavy atom. The van der Waals surface area contributed by atoms with E-state index in [1.54, 1.807) is 18.2 Å². The first kappa shape index (κ1) is 31.2. The van der Waals surface area contributed by atoms with Crippen LogP contribution < -0.4 is 10.6 Å². The Balaban J connectivity index is 1.49. The highest BCUT2D eigenvalue weighted by Gasteiger charge is 2.35. The van der Waals surface area contributed by atoms with Crippen molar-refractivity contribution in [3.63, 3.8) is 0 Å². The van der Waals surface area contributed by atoms with Crippen LogP contribution in [0.3, 0.4) is 0 Å². The third-order valence-corrected chi connectivity index (χ3v) is 10.00. The topological polar surface area (TPSA) is 128 Å². The van der Waals surface area contributed by atoms with Crippen LogP contribution in [0.2, 0.25) is 0 Å². The molecule has 0 bridgehead atoms. The number of hydrogen-bond acceptors (Lipinski definition) is 8. The molecule has 2 aromatic carbocycles. The number of fused-ring (bicyclic) bond motifs is 1. The van der Waals surface area contributed by atoms with E-state index in [2.05, 4.69) is 31.4 Å². The van der Waals surface area contributed by atoms with Crippen LogP contribution in [-0.4, -0.2) is 35.1 Å². The van der Waals surface area contributed by atoms with Crippen LogP contribution in [-0.2, 0) is 22.4 Å². The summed E-state index contributed by atoms with van der Waals surface area (Å²) in [5, 5.41) is 16.9. The molecule has 0 saturated heterocycles. The van der Waals surface area contributed by atoms with Crippen LogP contribution >= 0.6 is 23.1 Å². The van der Waals surface area contributed by atoms with Gasteiger partial charge in [-0.1, -0.05) is 39.8 Å². The Morgan fingerprint density at radius 2 is 1.88 bits per heavy atom. The van der Waals surface area contributed by atoms with E-state index in [4.69, 9.17) is 4.74 Å². The van der Waals surface area contributed by atoms with Crippen LogP contribution in [0.25, 0.3) is 0 Å². The third-order valence-electron chi connectivity index (χ3n) is 7.47. The number of thioether (sulfide) groups is 1. The van der Waals surface area contributed by atoms with Crippen LogP contribution in [0.4, 0.5) is 16.4 Å². The van der Waals surface area contributed by atoms with Gasteiger partial charge < -0.3 is 15.4 Å². The summed E-state index contributed by atoms with van der Waals surface area (Å²) >= 11 is 2.82. The molecule has 0 fully saturated rings. The van der Waals surface area contributed by atoms with Gasteiger partial charge in [0.1, 0.15) is 5.00 Å². The SMILES string of the molecule is CCC(Sc1cccc(NC(=O)c2cccc([N+](=O)[O-])c2)c1)C(=O)Nc1sc2c(c1C(=O)OC)CCC(C(C)(C)C)C2. The predicted octanol–water partition coefficient (Wildman–Crippen LogP) is 7.36. The van der Waals surface area contributed by atoms with Gasteiger partial charge in [0.2, 0.25) is 5.91 Å². The summed E-state index contributed by atoms with van der Waals surface area (Å²) in [6.45, 7) is 8.62. The van der Waals surface area contributed by atoms with E-state index >= 15 is 0 Å². The molecule has 2 unspecified atom stereocenters. The average molecular weight is 610 g/mol. The molecule has 11 heteroatoms. The molecular formula is C31H35N3O6S2. The Hall–Kier alpha value is -3.70. The molecule has 2 atom stereocenters. The van der Waals surface area contributed by atoms with Crippen LogP contribution in [0.1, 0.15) is 71.7 Å². The molecule has 2 amide bonds. The van der Waals surface area contributed by atoms with Gasteiger partial charge in [0.25, 0.3) is 11.6 Å². The number of nitro groups is 1. The quantitative estimate of drug-likeness (QED) is 0.112. The van der Waals surface area contributed by atoms with Crippen molar-refractivity contribution in [2.45, 2.75) is 63.5 Å². The van der Waals surface area contributed by atoms with E-state index in [1.807, 2.05) is 13.0 Å². The lowest BCUT2D eigenvalue weighted by molar-refractivity contribution is -0.384. The van der Waals surface area contributed by atoms with Crippen molar-refractivity contribution in [3.05, 3.63) is 80.2 Å². The van der Waals surface area contributed by atoms with E-state index < -0.39 is 22.0 Å². The average Bonchev–Trinajstić information content (AvgIpc) is 3.32. The number of benzene rings is 2. The number of ether oxygens (including phenoxy) is 1. The molecule has 1 aromatic heterocycles. The second-order valence-corrected chi connectivity index (χ2v) is 13.7. The highest BCUT2D eigenvalue weighted by Crippen LogP contribution is 2.44. The number of rotatable bonds is 9. The molecule has 1 aliphatic carbocycles. The number of carbonyl (C=O) groups is 3. The molecule has 4 rings (SSSR count). The van der Waals surface area contributed by atoms with Gasteiger partial charge in [-0.05, 0) is 66.8 Å². The van der Waals surface area contributed by atoms with E-state index in [9.17, 15) is 24.5 Å². The summed E-state index contributed by atoms with van der Waals surface area (Å²) in [5.41, 5.74) is 2.09. The lowest BCUT2D eigenvalue weighted by Crippen LogP contribution is -2.27. The second kappa shape index (κ2) is 13.1. The summed E-state index contributed by atoms with van der Waals surface area (Å²) in [6, 6.07) is 12.6. The van der Waals surface area contributed by atoms with Gasteiger partial charge in [-0.25, -0.2) is 4.79 Å². The summed E-state index contributed by atoms with van der Waals surface area (Å²) in [7, 11) is 1.36. The van der Waals surface area contributed by atoms with Crippen molar-refractivity contribution in [2.75, 3.05) is 17.7 Å². The maximum atomic E-state index is 13.5. The van der Waals surface area contributed by atoms with E-state index in [1.165, 1.54) is 54.5 Å². The first-order valence-corrected chi connectivity index (χ1v) is 15.5. The van der Waals surface area contributed by atoms with Gasteiger partial charge in [-0.3, -0.25) is 19.7 Å². The van der Waals surface area contributed by atoms with Crippen molar-refractivity contribution >= 4 is 57.3 Å². The van der Waals surface area contributed by atoms with Crippen molar-refractivity contribution in [1.29, 1.82) is 0 Å². The standard InChI is InChI=1S/C31H35N3O6S2/c1-6-24(41-22-12-8-10-20(17-22)32-27(35)18-9-7-11-21(15-18)34(38)39)28(36)33-29-26(30(37)40-5)23-14-13-19(31(2,3)4)16-25(23)42-29/h7-12,15,17,19,24H,6,13-14,16H2,1-5H3,(H,32,35)(H,33,36). The Labute approximate surface area is 253 Å². The fourth-order valence-corrected chi connectivity index (χ4v) is 7.35. The van der Waals surface area contributed by atoms with Crippen LogP contribution in [0.5, 0.6) is 0 Å². The summed E-state index contributed by atoms with van der Waals surface area (Å²) in [4.78, 5) is 51.4. The van der Waals surface area contributed by atoms with Gasteiger partial charge in [-0.15, -0.1) is 23.1 Å². The van der Waals surface area contributed by atoms with Crippen molar-refractivity contribution in [2.24, 2.45) is 11.3 Å². The van der Waals surface area contributed by atoms with E-state index in [0.29, 0.717) is 28.6 Å². The number of esters is 1. The first-order chi connectivity index (χ1) is 19.9. The van der Waals surface area contributed by atoms with Crippen molar-refractivity contribution in [3.8, 4) is 0 Å².